The van der Waals surface area contributed by atoms with E-state index in [4.69, 9.17) is 10.5 Å². The van der Waals surface area contributed by atoms with Crippen molar-refractivity contribution in [3.8, 4) is 17.6 Å². The van der Waals surface area contributed by atoms with Crippen molar-refractivity contribution < 1.29 is 9.66 Å². The second kappa shape index (κ2) is 6.88. The highest BCUT2D eigenvalue weighted by molar-refractivity contribution is 7.10. The van der Waals surface area contributed by atoms with Gasteiger partial charge in [-0.2, -0.15) is 0 Å². The number of aryl methyl sites for hydroxylation is 1. The molecule has 0 radical (unpaired) electrons. The maximum atomic E-state index is 10.8. The van der Waals surface area contributed by atoms with Crippen LogP contribution < -0.4 is 10.5 Å². The van der Waals surface area contributed by atoms with Gasteiger partial charge in [-0.3, -0.25) is 10.1 Å². The predicted octanol–water partition coefficient (Wildman–Crippen LogP) is 2.85. The first-order valence-electron chi connectivity index (χ1n) is 6.25. The van der Waals surface area contributed by atoms with Crippen LogP contribution in [0.2, 0.25) is 0 Å². The van der Waals surface area contributed by atoms with Gasteiger partial charge in [0.1, 0.15) is 12.4 Å². The molecule has 0 unspecified atom stereocenters. The third kappa shape index (κ3) is 3.81. The Balaban J connectivity index is 2.08. The molecule has 2 aromatic rings. The SMILES string of the molecule is Cc1cc(OCc2sccc2C#CCN)ccc1[N+](=O)[O-]. The van der Waals surface area contributed by atoms with Crippen LogP contribution in [-0.4, -0.2) is 11.5 Å². The average molecular weight is 302 g/mol. The van der Waals surface area contributed by atoms with Crippen LogP contribution >= 0.6 is 11.3 Å². The van der Waals surface area contributed by atoms with Crippen molar-refractivity contribution in [2.75, 3.05) is 6.54 Å². The summed E-state index contributed by atoms with van der Waals surface area (Å²) in [6.45, 7) is 2.38. The van der Waals surface area contributed by atoms with Gasteiger partial charge in [0, 0.05) is 17.2 Å². The second-order valence-electron chi connectivity index (χ2n) is 4.26. The minimum absolute atomic E-state index is 0.0907. The van der Waals surface area contributed by atoms with Crippen molar-refractivity contribution >= 4 is 17.0 Å². The molecule has 0 spiro atoms. The van der Waals surface area contributed by atoms with Gasteiger partial charge in [0.25, 0.3) is 5.69 Å². The smallest absolute Gasteiger partial charge is 0.272 e. The number of hydrogen-bond acceptors (Lipinski definition) is 5. The fourth-order valence-corrected chi connectivity index (χ4v) is 2.52. The summed E-state index contributed by atoms with van der Waals surface area (Å²) in [5.74, 6) is 6.40. The summed E-state index contributed by atoms with van der Waals surface area (Å²) in [6.07, 6.45) is 0. The highest BCUT2D eigenvalue weighted by Gasteiger charge is 2.11. The molecule has 0 aliphatic rings. The third-order valence-corrected chi connectivity index (χ3v) is 3.70. The van der Waals surface area contributed by atoms with E-state index in [1.807, 2.05) is 11.4 Å². The zero-order valence-electron chi connectivity index (χ0n) is 11.5. The van der Waals surface area contributed by atoms with E-state index in [-0.39, 0.29) is 5.69 Å². The minimum atomic E-state index is -0.404. The van der Waals surface area contributed by atoms with Gasteiger partial charge in [0.15, 0.2) is 0 Å². The second-order valence-corrected chi connectivity index (χ2v) is 5.26. The number of nitrogens with two attached hydrogens (primary N) is 1. The number of nitro benzene ring substituents is 1. The van der Waals surface area contributed by atoms with Crippen molar-refractivity contribution in [3.05, 3.63) is 55.8 Å². The van der Waals surface area contributed by atoms with Crippen molar-refractivity contribution in [2.24, 2.45) is 5.73 Å². The highest BCUT2D eigenvalue weighted by atomic mass is 32.1. The van der Waals surface area contributed by atoms with Gasteiger partial charge in [0.05, 0.1) is 16.3 Å². The molecular weight excluding hydrogens is 288 g/mol. The van der Waals surface area contributed by atoms with E-state index >= 15 is 0 Å². The molecule has 0 atom stereocenters. The molecule has 0 saturated carbocycles. The van der Waals surface area contributed by atoms with E-state index in [1.165, 1.54) is 6.07 Å². The molecule has 0 bridgehead atoms. The van der Waals surface area contributed by atoms with Crippen molar-refractivity contribution in [3.63, 3.8) is 0 Å². The predicted molar refractivity (Wildman–Crippen MR) is 82.4 cm³/mol. The molecule has 21 heavy (non-hydrogen) atoms. The number of nitrogens with zero attached hydrogens (tertiary/aromatic N) is 1. The third-order valence-electron chi connectivity index (χ3n) is 2.81. The molecule has 0 fully saturated rings. The first-order valence-corrected chi connectivity index (χ1v) is 7.13. The summed E-state index contributed by atoms with van der Waals surface area (Å²) in [5.41, 5.74) is 6.93. The zero-order chi connectivity index (χ0) is 15.2. The van der Waals surface area contributed by atoms with Crippen LogP contribution in [0.4, 0.5) is 5.69 Å². The van der Waals surface area contributed by atoms with Crippen molar-refractivity contribution in [1.29, 1.82) is 0 Å². The molecule has 6 heteroatoms. The Bertz CT molecular complexity index is 713. The molecule has 2 N–H and O–H groups in total. The molecule has 0 aliphatic carbocycles. The number of rotatable bonds is 4. The highest BCUT2D eigenvalue weighted by Crippen LogP contribution is 2.25. The summed E-state index contributed by atoms with van der Waals surface area (Å²) in [4.78, 5) is 11.4. The van der Waals surface area contributed by atoms with Crippen LogP contribution in [-0.2, 0) is 6.61 Å². The van der Waals surface area contributed by atoms with Crippen LogP contribution in [0.15, 0.2) is 29.6 Å². The van der Waals surface area contributed by atoms with E-state index in [0.717, 1.165) is 10.4 Å². The van der Waals surface area contributed by atoms with E-state index in [0.29, 0.717) is 24.5 Å². The fraction of sp³-hybridized carbons (Fsp3) is 0.200. The molecule has 1 aromatic carbocycles. The van der Waals surface area contributed by atoms with Crippen molar-refractivity contribution in [1.82, 2.24) is 0 Å². The molecular formula is C15H14N2O3S. The molecule has 1 heterocycles. The van der Waals surface area contributed by atoms with E-state index in [2.05, 4.69) is 11.8 Å². The Morgan fingerprint density at radius 2 is 2.24 bits per heavy atom. The standard InChI is InChI=1S/C15H14N2O3S/c1-11-9-13(4-5-14(11)17(18)19)20-10-15-12(3-2-7-16)6-8-21-15/h4-6,8-9H,7,10,16H2,1H3. The summed E-state index contributed by atoms with van der Waals surface area (Å²) in [5, 5.41) is 12.7. The molecule has 0 saturated heterocycles. The van der Waals surface area contributed by atoms with Crippen LogP contribution in [0.3, 0.4) is 0 Å². The number of nitro groups is 1. The van der Waals surface area contributed by atoms with Crippen molar-refractivity contribution in [2.45, 2.75) is 13.5 Å². The monoisotopic (exact) mass is 302 g/mol. The Kier molecular flexibility index (Phi) is 4.93. The van der Waals surface area contributed by atoms with Crippen LogP contribution in [0.5, 0.6) is 5.75 Å². The lowest BCUT2D eigenvalue weighted by Crippen LogP contribution is -1.97. The molecule has 0 aliphatic heterocycles. The normalized spacial score (nSPS) is 9.81. The number of benzene rings is 1. The Morgan fingerprint density at radius 1 is 1.43 bits per heavy atom. The molecule has 1 aromatic heterocycles. The average Bonchev–Trinajstić information content (AvgIpc) is 2.90. The summed E-state index contributed by atoms with van der Waals surface area (Å²) in [6, 6.07) is 6.64. The first kappa shape index (κ1) is 15.0. The summed E-state index contributed by atoms with van der Waals surface area (Å²) >= 11 is 1.55. The largest absolute Gasteiger partial charge is 0.488 e. The summed E-state index contributed by atoms with van der Waals surface area (Å²) < 4.78 is 5.68. The molecule has 0 amide bonds. The van der Waals surface area contributed by atoms with Crippen LogP contribution in [0.1, 0.15) is 16.0 Å². The van der Waals surface area contributed by atoms with Crippen LogP contribution in [0.25, 0.3) is 0 Å². The molecule has 5 nitrogen and oxygen atoms in total. The van der Waals surface area contributed by atoms with Gasteiger partial charge in [-0.1, -0.05) is 11.8 Å². The van der Waals surface area contributed by atoms with Gasteiger partial charge in [-0.05, 0) is 30.5 Å². The summed E-state index contributed by atoms with van der Waals surface area (Å²) in [7, 11) is 0. The number of hydrogen-bond donors (Lipinski definition) is 1. The van der Waals surface area contributed by atoms with Gasteiger partial charge in [-0.15, -0.1) is 11.3 Å². The lowest BCUT2D eigenvalue weighted by atomic mass is 10.2. The van der Waals surface area contributed by atoms with Gasteiger partial charge < -0.3 is 10.5 Å². The molecule has 2 rings (SSSR count). The lowest BCUT2D eigenvalue weighted by Gasteiger charge is -2.06. The molecule has 108 valence electrons. The van der Waals surface area contributed by atoms with E-state index in [9.17, 15) is 10.1 Å². The Hall–Kier alpha value is -2.36. The Morgan fingerprint density at radius 3 is 2.90 bits per heavy atom. The van der Waals surface area contributed by atoms with E-state index < -0.39 is 4.92 Å². The Labute approximate surface area is 126 Å². The zero-order valence-corrected chi connectivity index (χ0v) is 12.3. The lowest BCUT2D eigenvalue weighted by molar-refractivity contribution is -0.385. The number of ether oxygens (including phenoxy) is 1. The van der Waals surface area contributed by atoms with Crippen LogP contribution in [0, 0.1) is 28.9 Å². The minimum Gasteiger partial charge on any atom is -0.488 e. The maximum Gasteiger partial charge on any atom is 0.272 e. The quantitative estimate of drug-likeness (QED) is 0.535. The topological polar surface area (TPSA) is 78.4 Å². The van der Waals surface area contributed by atoms with Gasteiger partial charge in [-0.25, -0.2) is 0 Å². The maximum absolute atomic E-state index is 10.8. The number of thiophene rings is 1. The van der Waals surface area contributed by atoms with Gasteiger partial charge in [0.2, 0.25) is 0 Å². The first-order chi connectivity index (χ1) is 10.1. The fourth-order valence-electron chi connectivity index (χ4n) is 1.78. The van der Waals surface area contributed by atoms with E-state index in [1.54, 1.807) is 30.4 Å². The van der Waals surface area contributed by atoms with Gasteiger partial charge >= 0.3 is 0 Å².